The fourth-order valence-electron chi connectivity index (χ4n) is 3.97. The lowest BCUT2D eigenvalue weighted by Gasteiger charge is -2.11. The molecule has 0 radical (unpaired) electrons. The Labute approximate surface area is 195 Å². The molecule has 1 aliphatic rings. The van der Waals surface area contributed by atoms with E-state index in [-0.39, 0.29) is 6.79 Å². The maximum Gasteiger partial charge on any atom is 0.231 e. The summed E-state index contributed by atoms with van der Waals surface area (Å²) in [6.45, 7) is 2.97. The van der Waals surface area contributed by atoms with Crippen molar-refractivity contribution in [1.82, 2.24) is 24.1 Å². The highest BCUT2D eigenvalue weighted by Crippen LogP contribution is 2.34. The van der Waals surface area contributed by atoms with Gasteiger partial charge >= 0.3 is 0 Å². The van der Waals surface area contributed by atoms with Gasteiger partial charge in [-0.3, -0.25) is 4.57 Å². The fourth-order valence-corrected chi connectivity index (χ4v) is 4.79. The van der Waals surface area contributed by atoms with E-state index >= 15 is 0 Å². The third kappa shape index (κ3) is 3.82. The molecular formula is C25H21N5O2S. The van der Waals surface area contributed by atoms with Crippen molar-refractivity contribution in [3.05, 3.63) is 89.9 Å². The van der Waals surface area contributed by atoms with Gasteiger partial charge in [-0.25, -0.2) is 4.98 Å². The van der Waals surface area contributed by atoms with E-state index in [0.29, 0.717) is 12.3 Å². The third-order valence-corrected chi connectivity index (χ3v) is 6.60. The summed E-state index contributed by atoms with van der Waals surface area (Å²) in [5, 5.41) is 9.92. The number of benzene rings is 2. The van der Waals surface area contributed by atoms with Crippen LogP contribution in [-0.4, -0.2) is 30.9 Å². The molecule has 8 heteroatoms. The average Bonchev–Trinajstić information content (AvgIpc) is 3.57. The SMILES string of the molecule is Cc1cccn2cc(CSc3nnc(-c4ccccc4)n3Cc3ccc4c(c3)OCO4)nc12. The molecule has 0 aliphatic carbocycles. The standard InChI is InChI=1S/C25H21N5O2S/c1-17-6-5-11-29-14-20(26-23(17)29)15-33-25-28-27-24(19-7-3-2-4-8-19)30(25)13-18-9-10-21-22(12-18)32-16-31-21/h2-12,14H,13,15-16H2,1H3. The van der Waals surface area contributed by atoms with Gasteiger partial charge in [0.15, 0.2) is 22.5 Å². The van der Waals surface area contributed by atoms with E-state index in [2.05, 4.69) is 56.6 Å². The van der Waals surface area contributed by atoms with Crippen LogP contribution >= 0.6 is 11.8 Å². The van der Waals surface area contributed by atoms with E-state index in [1.54, 1.807) is 11.8 Å². The summed E-state index contributed by atoms with van der Waals surface area (Å²) < 4.78 is 15.2. The number of hydrogen-bond donors (Lipinski definition) is 0. The molecule has 2 aromatic carbocycles. The smallest absolute Gasteiger partial charge is 0.231 e. The van der Waals surface area contributed by atoms with E-state index in [0.717, 1.165) is 50.5 Å². The number of imidazole rings is 1. The van der Waals surface area contributed by atoms with Gasteiger partial charge < -0.3 is 13.9 Å². The van der Waals surface area contributed by atoms with Crippen LogP contribution in [0.3, 0.4) is 0 Å². The number of pyridine rings is 1. The quantitative estimate of drug-likeness (QED) is 0.337. The number of aryl methyl sites for hydroxylation is 1. The minimum atomic E-state index is 0.264. The average molecular weight is 456 g/mol. The predicted molar refractivity (Wildman–Crippen MR) is 127 cm³/mol. The molecule has 5 aromatic rings. The Bertz CT molecular complexity index is 1440. The highest BCUT2D eigenvalue weighted by atomic mass is 32.2. The van der Waals surface area contributed by atoms with E-state index in [1.807, 2.05) is 42.6 Å². The number of ether oxygens (including phenoxy) is 2. The molecule has 0 amide bonds. The highest BCUT2D eigenvalue weighted by Gasteiger charge is 2.18. The molecule has 0 unspecified atom stereocenters. The lowest BCUT2D eigenvalue weighted by Crippen LogP contribution is -2.04. The van der Waals surface area contributed by atoms with Crippen LogP contribution < -0.4 is 9.47 Å². The van der Waals surface area contributed by atoms with E-state index in [1.165, 1.54) is 0 Å². The summed E-state index contributed by atoms with van der Waals surface area (Å²) >= 11 is 1.64. The Morgan fingerprint density at radius 2 is 1.85 bits per heavy atom. The predicted octanol–water partition coefficient (Wildman–Crippen LogP) is 4.97. The van der Waals surface area contributed by atoms with Crippen molar-refractivity contribution >= 4 is 17.4 Å². The third-order valence-electron chi connectivity index (χ3n) is 5.60. The Hall–Kier alpha value is -3.78. The van der Waals surface area contributed by atoms with Gasteiger partial charge in [-0.15, -0.1) is 10.2 Å². The highest BCUT2D eigenvalue weighted by molar-refractivity contribution is 7.98. The first kappa shape index (κ1) is 19.9. The molecule has 0 atom stereocenters. The molecular weight excluding hydrogens is 434 g/mol. The minimum absolute atomic E-state index is 0.264. The van der Waals surface area contributed by atoms with Crippen LogP contribution in [0.15, 0.2) is 78.2 Å². The summed E-state index contributed by atoms with van der Waals surface area (Å²) in [5.74, 6) is 3.09. The van der Waals surface area contributed by atoms with Crippen LogP contribution in [0.5, 0.6) is 11.5 Å². The number of nitrogens with zero attached hydrogens (tertiary/aromatic N) is 5. The monoisotopic (exact) mass is 455 g/mol. The van der Waals surface area contributed by atoms with Gasteiger partial charge in [0.2, 0.25) is 6.79 Å². The molecule has 0 bridgehead atoms. The van der Waals surface area contributed by atoms with Crippen LogP contribution in [0.4, 0.5) is 0 Å². The second kappa shape index (κ2) is 8.29. The lowest BCUT2D eigenvalue weighted by atomic mass is 10.2. The summed E-state index contributed by atoms with van der Waals surface area (Å²) in [5.41, 5.74) is 5.28. The van der Waals surface area contributed by atoms with Gasteiger partial charge in [-0.1, -0.05) is 54.2 Å². The first-order chi connectivity index (χ1) is 16.2. The van der Waals surface area contributed by atoms with Crippen molar-refractivity contribution in [2.75, 3.05) is 6.79 Å². The van der Waals surface area contributed by atoms with Crippen LogP contribution in [0.2, 0.25) is 0 Å². The number of fused-ring (bicyclic) bond motifs is 2. The molecule has 0 spiro atoms. The molecule has 3 aromatic heterocycles. The number of thioether (sulfide) groups is 1. The molecule has 0 saturated heterocycles. The van der Waals surface area contributed by atoms with E-state index < -0.39 is 0 Å². The molecule has 1 aliphatic heterocycles. The molecule has 164 valence electrons. The second-order valence-electron chi connectivity index (χ2n) is 7.89. The fraction of sp³-hybridized carbons (Fsp3) is 0.160. The minimum Gasteiger partial charge on any atom is -0.454 e. The van der Waals surface area contributed by atoms with E-state index in [9.17, 15) is 0 Å². The topological polar surface area (TPSA) is 66.5 Å². The van der Waals surface area contributed by atoms with Gasteiger partial charge in [0.05, 0.1) is 12.2 Å². The zero-order chi connectivity index (χ0) is 22.2. The maximum absolute atomic E-state index is 5.57. The number of rotatable bonds is 6. The zero-order valence-electron chi connectivity index (χ0n) is 18.0. The van der Waals surface area contributed by atoms with Gasteiger partial charge in [-0.05, 0) is 36.2 Å². The van der Waals surface area contributed by atoms with Crippen LogP contribution in [-0.2, 0) is 12.3 Å². The summed E-state index contributed by atoms with van der Waals surface area (Å²) in [4.78, 5) is 4.80. The van der Waals surface area contributed by atoms with Crippen LogP contribution in [0.25, 0.3) is 17.0 Å². The Morgan fingerprint density at radius 3 is 2.73 bits per heavy atom. The maximum atomic E-state index is 5.57. The zero-order valence-corrected chi connectivity index (χ0v) is 18.8. The summed E-state index contributed by atoms with van der Waals surface area (Å²) in [6, 6.07) is 20.3. The number of aromatic nitrogens is 5. The Morgan fingerprint density at radius 1 is 0.970 bits per heavy atom. The first-order valence-electron chi connectivity index (χ1n) is 10.7. The summed E-state index contributed by atoms with van der Waals surface area (Å²) in [7, 11) is 0. The second-order valence-corrected chi connectivity index (χ2v) is 8.83. The largest absolute Gasteiger partial charge is 0.454 e. The van der Waals surface area contributed by atoms with Crippen molar-refractivity contribution in [2.45, 2.75) is 24.4 Å². The van der Waals surface area contributed by atoms with E-state index in [4.69, 9.17) is 14.5 Å². The van der Waals surface area contributed by atoms with Crippen LogP contribution in [0.1, 0.15) is 16.8 Å². The first-order valence-corrected chi connectivity index (χ1v) is 11.7. The summed E-state index contributed by atoms with van der Waals surface area (Å²) in [6.07, 6.45) is 4.10. The Balaban J connectivity index is 1.32. The van der Waals surface area contributed by atoms with Gasteiger partial charge in [0.1, 0.15) is 5.65 Å². The van der Waals surface area contributed by atoms with Gasteiger partial charge in [0, 0.05) is 23.7 Å². The van der Waals surface area contributed by atoms with Crippen molar-refractivity contribution in [1.29, 1.82) is 0 Å². The molecule has 0 saturated carbocycles. The molecule has 0 fully saturated rings. The lowest BCUT2D eigenvalue weighted by molar-refractivity contribution is 0.174. The number of hydrogen-bond acceptors (Lipinski definition) is 6. The van der Waals surface area contributed by atoms with Gasteiger partial charge in [0.25, 0.3) is 0 Å². The Kier molecular flexibility index (Phi) is 4.99. The molecule has 7 nitrogen and oxygen atoms in total. The molecule has 33 heavy (non-hydrogen) atoms. The van der Waals surface area contributed by atoms with Crippen molar-refractivity contribution < 1.29 is 9.47 Å². The van der Waals surface area contributed by atoms with Crippen molar-refractivity contribution in [3.63, 3.8) is 0 Å². The van der Waals surface area contributed by atoms with Crippen molar-refractivity contribution in [2.24, 2.45) is 0 Å². The molecule has 0 N–H and O–H groups in total. The molecule has 6 rings (SSSR count). The van der Waals surface area contributed by atoms with Crippen LogP contribution in [0, 0.1) is 6.92 Å². The van der Waals surface area contributed by atoms with Gasteiger partial charge in [-0.2, -0.15) is 0 Å². The molecule has 4 heterocycles. The van der Waals surface area contributed by atoms with Crippen molar-refractivity contribution in [3.8, 4) is 22.9 Å². The normalized spacial score (nSPS) is 12.5.